The van der Waals surface area contributed by atoms with Crippen LogP contribution in [0.3, 0.4) is 0 Å². The molecule has 0 bridgehead atoms. The van der Waals surface area contributed by atoms with Gasteiger partial charge in [0.2, 0.25) is 0 Å². The lowest BCUT2D eigenvalue weighted by Crippen LogP contribution is -2.31. The highest BCUT2D eigenvalue weighted by molar-refractivity contribution is 6.02. The predicted octanol–water partition coefficient (Wildman–Crippen LogP) is 1.80. The van der Waals surface area contributed by atoms with E-state index in [0.29, 0.717) is 30.3 Å². The molecule has 0 saturated heterocycles. The van der Waals surface area contributed by atoms with Crippen molar-refractivity contribution in [1.29, 1.82) is 0 Å². The van der Waals surface area contributed by atoms with E-state index in [1.165, 1.54) is 13.8 Å². The lowest BCUT2D eigenvalue weighted by atomic mass is 9.96. The Kier molecular flexibility index (Phi) is 3.07. The van der Waals surface area contributed by atoms with E-state index in [1.54, 1.807) is 18.2 Å². The quantitative estimate of drug-likeness (QED) is 0.795. The Balaban J connectivity index is 2.33. The van der Waals surface area contributed by atoms with Gasteiger partial charge in [0.1, 0.15) is 5.60 Å². The molecule has 17 heavy (non-hydrogen) atoms. The summed E-state index contributed by atoms with van der Waals surface area (Å²) < 4.78 is 11.0. The molecule has 0 atom stereocenters. The predicted molar refractivity (Wildman–Crippen MR) is 62.7 cm³/mol. The zero-order chi connectivity index (χ0) is 12.5. The normalized spacial score (nSPS) is 15.2. The van der Waals surface area contributed by atoms with Crippen LogP contribution >= 0.6 is 0 Å². The number of benzene rings is 1. The van der Waals surface area contributed by atoms with Gasteiger partial charge in [0, 0.05) is 12.0 Å². The third kappa shape index (κ3) is 2.58. The minimum Gasteiger partial charge on any atom is -0.490 e. The van der Waals surface area contributed by atoms with Crippen LogP contribution in [0.5, 0.6) is 11.5 Å². The summed E-state index contributed by atoms with van der Waals surface area (Å²) in [6.45, 7) is 4.13. The van der Waals surface area contributed by atoms with Gasteiger partial charge in [0.15, 0.2) is 17.3 Å². The summed E-state index contributed by atoms with van der Waals surface area (Å²) >= 11 is 0. The van der Waals surface area contributed by atoms with Gasteiger partial charge in [-0.15, -0.1) is 0 Å². The second kappa shape index (κ2) is 4.37. The minimum absolute atomic E-state index is 0.326. The van der Waals surface area contributed by atoms with Crippen molar-refractivity contribution in [3.8, 4) is 11.5 Å². The maximum Gasteiger partial charge on any atom is 0.193 e. The summed E-state index contributed by atoms with van der Waals surface area (Å²) in [5.74, 6) is 0.889. The monoisotopic (exact) mass is 236 g/mol. The first-order chi connectivity index (χ1) is 7.98. The molecule has 1 aromatic carbocycles. The summed E-state index contributed by atoms with van der Waals surface area (Å²) in [7, 11) is 0. The molecule has 1 N–H and O–H groups in total. The van der Waals surface area contributed by atoms with E-state index in [2.05, 4.69) is 0 Å². The molecule has 1 aliphatic heterocycles. The molecule has 0 radical (unpaired) electrons. The van der Waals surface area contributed by atoms with Gasteiger partial charge in [-0.2, -0.15) is 0 Å². The van der Waals surface area contributed by atoms with Gasteiger partial charge >= 0.3 is 0 Å². The second-order valence-electron chi connectivity index (χ2n) is 4.60. The minimum atomic E-state index is -1.38. The van der Waals surface area contributed by atoms with Crippen LogP contribution in [-0.2, 0) is 0 Å². The first-order valence-electron chi connectivity index (χ1n) is 5.65. The smallest absolute Gasteiger partial charge is 0.193 e. The van der Waals surface area contributed by atoms with Crippen molar-refractivity contribution in [2.24, 2.45) is 0 Å². The first-order valence-corrected chi connectivity index (χ1v) is 5.65. The summed E-state index contributed by atoms with van der Waals surface area (Å²) in [5, 5.41) is 9.68. The molecule has 4 nitrogen and oxygen atoms in total. The Morgan fingerprint density at radius 2 is 1.88 bits per heavy atom. The summed E-state index contributed by atoms with van der Waals surface area (Å²) in [6.07, 6.45) is 0.823. The number of aliphatic hydroxyl groups is 1. The number of ketones is 1. The highest BCUT2D eigenvalue weighted by Crippen LogP contribution is 2.31. The molecule has 0 aromatic heterocycles. The first kappa shape index (κ1) is 11.9. The SMILES string of the molecule is CC(C)(O)C(=O)c1ccc2c(c1)OCCCO2. The molecule has 1 heterocycles. The van der Waals surface area contributed by atoms with Crippen molar-refractivity contribution in [3.05, 3.63) is 23.8 Å². The second-order valence-corrected chi connectivity index (χ2v) is 4.60. The average Bonchev–Trinajstić information content (AvgIpc) is 2.50. The maximum atomic E-state index is 11.9. The van der Waals surface area contributed by atoms with Gasteiger partial charge in [-0.3, -0.25) is 4.79 Å². The van der Waals surface area contributed by atoms with Crippen LogP contribution in [0.15, 0.2) is 18.2 Å². The fourth-order valence-corrected chi connectivity index (χ4v) is 1.66. The van der Waals surface area contributed by atoms with Gasteiger partial charge in [0.25, 0.3) is 0 Å². The van der Waals surface area contributed by atoms with Gasteiger partial charge in [-0.05, 0) is 32.0 Å². The summed E-state index contributed by atoms with van der Waals surface area (Å²) in [4.78, 5) is 11.9. The van der Waals surface area contributed by atoms with Gasteiger partial charge < -0.3 is 14.6 Å². The molecule has 1 aromatic rings. The molecule has 0 saturated carbocycles. The lowest BCUT2D eigenvalue weighted by Gasteiger charge is -2.16. The molecular weight excluding hydrogens is 220 g/mol. The highest BCUT2D eigenvalue weighted by Gasteiger charge is 2.26. The fourth-order valence-electron chi connectivity index (χ4n) is 1.66. The van der Waals surface area contributed by atoms with Gasteiger partial charge in [-0.25, -0.2) is 0 Å². The Hall–Kier alpha value is -1.55. The van der Waals surface area contributed by atoms with Crippen LogP contribution < -0.4 is 9.47 Å². The number of hydrogen-bond acceptors (Lipinski definition) is 4. The molecule has 0 unspecified atom stereocenters. The van der Waals surface area contributed by atoms with Crippen LogP contribution in [0, 0.1) is 0 Å². The van der Waals surface area contributed by atoms with E-state index >= 15 is 0 Å². The maximum absolute atomic E-state index is 11.9. The largest absolute Gasteiger partial charge is 0.490 e. The van der Waals surface area contributed by atoms with E-state index < -0.39 is 5.60 Å². The topological polar surface area (TPSA) is 55.8 Å². The van der Waals surface area contributed by atoms with Crippen LogP contribution in [-0.4, -0.2) is 29.7 Å². The van der Waals surface area contributed by atoms with E-state index in [0.717, 1.165) is 6.42 Å². The molecule has 92 valence electrons. The van der Waals surface area contributed by atoms with Crippen LogP contribution in [0.4, 0.5) is 0 Å². The van der Waals surface area contributed by atoms with E-state index in [9.17, 15) is 9.90 Å². The zero-order valence-electron chi connectivity index (χ0n) is 10.0. The molecule has 0 amide bonds. The van der Waals surface area contributed by atoms with Crippen molar-refractivity contribution in [1.82, 2.24) is 0 Å². The number of carbonyl (C=O) groups excluding carboxylic acids is 1. The molecule has 2 rings (SSSR count). The molecule has 0 spiro atoms. The van der Waals surface area contributed by atoms with Crippen molar-refractivity contribution < 1.29 is 19.4 Å². The van der Waals surface area contributed by atoms with E-state index in [4.69, 9.17) is 9.47 Å². The van der Waals surface area contributed by atoms with Crippen LogP contribution in [0.25, 0.3) is 0 Å². The number of Topliss-reactive ketones (excluding diaryl/α,β-unsaturated/α-hetero) is 1. The number of fused-ring (bicyclic) bond motifs is 1. The van der Waals surface area contributed by atoms with E-state index in [1.807, 2.05) is 0 Å². The van der Waals surface area contributed by atoms with Crippen LogP contribution in [0.2, 0.25) is 0 Å². The molecule has 4 heteroatoms. The summed E-state index contributed by atoms with van der Waals surface area (Å²) in [5.41, 5.74) is -0.943. The van der Waals surface area contributed by atoms with Crippen molar-refractivity contribution in [3.63, 3.8) is 0 Å². The molecule has 0 fully saturated rings. The van der Waals surface area contributed by atoms with Crippen molar-refractivity contribution in [2.75, 3.05) is 13.2 Å². The highest BCUT2D eigenvalue weighted by atomic mass is 16.5. The number of hydrogen-bond donors (Lipinski definition) is 1. The zero-order valence-corrected chi connectivity index (χ0v) is 10.0. The van der Waals surface area contributed by atoms with Crippen molar-refractivity contribution >= 4 is 5.78 Å². The molecule has 0 aliphatic carbocycles. The lowest BCUT2D eigenvalue weighted by molar-refractivity contribution is 0.0487. The Bertz CT molecular complexity index is 432. The van der Waals surface area contributed by atoms with Gasteiger partial charge in [0.05, 0.1) is 13.2 Å². The Labute approximate surface area is 100 Å². The standard InChI is InChI=1S/C13H16O4/c1-13(2,15)12(14)9-4-5-10-11(8-9)17-7-3-6-16-10/h4-5,8,15H,3,6-7H2,1-2H3. The Morgan fingerprint density at radius 1 is 1.24 bits per heavy atom. The number of rotatable bonds is 2. The number of ether oxygens (including phenoxy) is 2. The van der Waals surface area contributed by atoms with Gasteiger partial charge in [-0.1, -0.05) is 0 Å². The molecular formula is C13H16O4. The average molecular weight is 236 g/mol. The fraction of sp³-hybridized carbons (Fsp3) is 0.462. The third-order valence-corrected chi connectivity index (χ3v) is 2.57. The Morgan fingerprint density at radius 3 is 2.53 bits per heavy atom. The third-order valence-electron chi connectivity index (χ3n) is 2.57. The molecule has 1 aliphatic rings. The summed E-state index contributed by atoms with van der Waals surface area (Å²) in [6, 6.07) is 4.98. The van der Waals surface area contributed by atoms with Crippen LogP contribution in [0.1, 0.15) is 30.6 Å². The van der Waals surface area contributed by atoms with Crippen molar-refractivity contribution in [2.45, 2.75) is 25.9 Å². The number of carbonyl (C=O) groups is 1. The van der Waals surface area contributed by atoms with E-state index in [-0.39, 0.29) is 5.78 Å².